The summed E-state index contributed by atoms with van der Waals surface area (Å²) in [7, 11) is 0. The van der Waals surface area contributed by atoms with Crippen LogP contribution in [0.25, 0.3) is 0 Å². The number of amides is 1. The van der Waals surface area contributed by atoms with E-state index in [9.17, 15) is 4.79 Å². The van der Waals surface area contributed by atoms with E-state index in [0.29, 0.717) is 18.8 Å². The summed E-state index contributed by atoms with van der Waals surface area (Å²) in [6.45, 7) is 7.22. The third-order valence-corrected chi connectivity index (χ3v) is 3.68. The van der Waals surface area contributed by atoms with Crippen LogP contribution in [0.3, 0.4) is 0 Å². The van der Waals surface area contributed by atoms with Crippen LogP contribution in [0, 0.1) is 6.92 Å². The van der Waals surface area contributed by atoms with Crippen LogP contribution in [-0.4, -0.2) is 39.0 Å². The van der Waals surface area contributed by atoms with Gasteiger partial charge in [0.05, 0.1) is 5.75 Å². The van der Waals surface area contributed by atoms with Crippen molar-refractivity contribution in [2.45, 2.75) is 51.4 Å². The summed E-state index contributed by atoms with van der Waals surface area (Å²) >= 11 is 1.40. The number of aromatic nitrogens is 3. The monoisotopic (exact) mass is 285 g/mol. The molecule has 1 heterocycles. The highest BCUT2D eigenvalue weighted by atomic mass is 32.2. The molecular weight excluding hydrogens is 262 g/mol. The number of hydrogen-bond acceptors (Lipinski definition) is 5. The zero-order chi connectivity index (χ0) is 14.3. The molecule has 108 valence electrons. The van der Waals surface area contributed by atoms with Crippen molar-refractivity contribution < 1.29 is 4.79 Å². The average Bonchev–Trinajstić information content (AvgIpc) is 2.69. The summed E-state index contributed by atoms with van der Waals surface area (Å²) in [6, 6.07) is 0.224. The maximum atomic E-state index is 11.8. The van der Waals surface area contributed by atoms with Crippen LogP contribution in [0.2, 0.25) is 0 Å². The lowest BCUT2D eigenvalue weighted by atomic mass is 10.2. The topological polar surface area (TPSA) is 85.8 Å². The first-order valence-corrected chi connectivity index (χ1v) is 7.59. The van der Waals surface area contributed by atoms with E-state index in [-0.39, 0.29) is 11.9 Å². The van der Waals surface area contributed by atoms with Crippen molar-refractivity contribution >= 4 is 17.7 Å². The van der Waals surface area contributed by atoms with Crippen LogP contribution in [-0.2, 0) is 11.3 Å². The molecule has 1 rings (SSSR count). The van der Waals surface area contributed by atoms with Gasteiger partial charge in [0, 0.05) is 19.1 Å². The highest BCUT2D eigenvalue weighted by Crippen LogP contribution is 2.16. The number of carbonyl (C=O) groups excluding carboxylic acids is 1. The van der Waals surface area contributed by atoms with Gasteiger partial charge in [0.25, 0.3) is 0 Å². The first-order chi connectivity index (χ1) is 9.08. The first-order valence-electron chi connectivity index (χ1n) is 6.60. The lowest BCUT2D eigenvalue weighted by molar-refractivity contribution is -0.119. The molecule has 1 aromatic rings. The molecule has 3 N–H and O–H groups in total. The molecule has 0 fully saturated rings. The molecule has 0 saturated heterocycles. The summed E-state index contributed by atoms with van der Waals surface area (Å²) in [5.74, 6) is 1.22. The Morgan fingerprint density at radius 3 is 2.89 bits per heavy atom. The quantitative estimate of drug-likeness (QED) is 0.694. The average molecular weight is 285 g/mol. The maximum Gasteiger partial charge on any atom is 0.230 e. The molecule has 1 aromatic heterocycles. The Labute approximate surface area is 118 Å². The Morgan fingerprint density at radius 2 is 2.26 bits per heavy atom. The van der Waals surface area contributed by atoms with Crippen LogP contribution in [0.15, 0.2) is 5.16 Å². The van der Waals surface area contributed by atoms with Gasteiger partial charge in [-0.2, -0.15) is 0 Å². The molecule has 0 radical (unpaired) electrons. The fourth-order valence-electron chi connectivity index (χ4n) is 1.81. The minimum atomic E-state index is 0.0332. The summed E-state index contributed by atoms with van der Waals surface area (Å²) in [5.41, 5.74) is 5.55. The molecule has 6 nitrogen and oxygen atoms in total. The second kappa shape index (κ2) is 8.16. The molecule has 1 atom stereocenters. The van der Waals surface area contributed by atoms with E-state index >= 15 is 0 Å². The predicted molar refractivity (Wildman–Crippen MR) is 77.1 cm³/mol. The van der Waals surface area contributed by atoms with Gasteiger partial charge in [0.1, 0.15) is 5.82 Å². The molecule has 1 unspecified atom stereocenters. The van der Waals surface area contributed by atoms with Gasteiger partial charge in [-0.25, -0.2) is 0 Å². The summed E-state index contributed by atoms with van der Waals surface area (Å²) < 4.78 is 1.94. The van der Waals surface area contributed by atoms with Crippen molar-refractivity contribution in [1.29, 1.82) is 0 Å². The smallest absolute Gasteiger partial charge is 0.230 e. The Kier molecular flexibility index (Phi) is 6.86. The molecule has 19 heavy (non-hydrogen) atoms. The molecule has 0 saturated carbocycles. The normalized spacial score (nSPS) is 12.4. The SMILES string of the molecule is CCCC(C)NC(=O)CSc1nnc(C)n1CCN. The zero-order valence-electron chi connectivity index (χ0n) is 11.8. The number of aryl methyl sites for hydroxylation is 1. The largest absolute Gasteiger partial charge is 0.353 e. The van der Waals surface area contributed by atoms with Crippen molar-refractivity contribution in [3.05, 3.63) is 5.82 Å². The molecule has 0 aliphatic heterocycles. The zero-order valence-corrected chi connectivity index (χ0v) is 12.7. The fraction of sp³-hybridized carbons (Fsp3) is 0.750. The van der Waals surface area contributed by atoms with Gasteiger partial charge in [-0.05, 0) is 20.3 Å². The number of nitrogens with two attached hydrogens (primary N) is 1. The molecular formula is C12H23N5OS. The lowest BCUT2D eigenvalue weighted by Gasteiger charge is -2.12. The van der Waals surface area contributed by atoms with E-state index in [0.717, 1.165) is 23.8 Å². The van der Waals surface area contributed by atoms with E-state index < -0.39 is 0 Å². The van der Waals surface area contributed by atoms with Gasteiger partial charge in [0.2, 0.25) is 5.91 Å². The molecule has 1 amide bonds. The number of nitrogens with zero attached hydrogens (tertiary/aromatic N) is 3. The minimum absolute atomic E-state index is 0.0332. The third-order valence-electron chi connectivity index (χ3n) is 2.72. The Bertz CT molecular complexity index is 407. The number of rotatable bonds is 8. The molecule has 0 spiro atoms. The van der Waals surface area contributed by atoms with Gasteiger partial charge in [-0.3, -0.25) is 4.79 Å². The van der Waals surface area contributed by atoms with E-state index in [1.165, 1.54) is 11.8 Å². The van der Waals surface area contributed by atoms with Crippen molar-refractivity contribution in [1.82, 2.24) is 20.1 Å². The van der Waals surface area contributed by atoms with E-state index in [2.05, 4.69) is 22.4 Å². The maximum absolute atomic E-state index is 11.8. The third kappa shape index (κ3) is 5.20. The number of hydrogen-bond donors (Lipinski definition) is 2. The Balaban J connectivity index is 2.46. The van der Waals surface area contributed by atoms with Crippen molar-refractivity contribution in [2.24, 2.45) is 5.73 Å². The standard InChI is InChI=1S/C12H23N5OS/c1-4-5-9(2)14-11(18)8-19-12-16-15-10(3)17(12)7-6-13/h9H,4-8,13H2,1-3H3,(H,14,18). The summed E-state index contributed by atoms with van der Waals surface area (Å²) in [6.07, 6.45) is 2.07. The van der Waals surface area contributed by atoms with Crippen LogP contribution in [0.5, 0.6) is 0 Å². The Hall–Kier alpha value is -1.08. The molecule has 0 bridgehead atoms. The van der Waals surface area contributed by atoms with Crippen molar-refractivity contribution in [3.8, 4) is 0 Å². The summed E-state index contributed by atoms with van der Waals surface area (Å²) in [4.78, 5) is 11.8. The minimum Gasteiger partial charge on any atom is -0.353 e. The second-order valence-electron chi connectivity index (χ2n) is 4.52. The molecule has 0 aliphatic rings. The van der Waals surface area contributed by atoms with E-state index in [1.807, 2.05) is 18.4 Å². The van der Waals surface area contributed by atoms with Crippen LogP contribution >= 0.6 is 11.8 Å². The van der Waals surface area contributed by atoms with E-state index in [1.54, 1.807) is 0 Å². The van der Waals surface area contributed by atoms with Crippen molar-refractivity contribution in [3.63, 3.8) is 0 Å². The number of carbonyl (C=O) groups is 1. The van der Waals surface area contributed by atoms with Gasteiger partial charge in [-0.1, -0.05) is 25.1 Å². The van der Waals surface area contributed by atoms with E-state index in [4.69, 9.17) is 5.73 Å². The summed E-state index contributed by atoms with van der Waals surface area (Å²) in [5, 5.41) is 11.8. The van der Waals surface area contributed by atoms with Gasteiger partial charge in [-0.15, -0.1) is 10.2 Å². The second-order valence-corrected chi connectivity index (χ2v) is 5.46. The molecule has 7 heteroatoms. The number of nitrogens with one attached hydrogen (secondary N) is 1. The molecule has 0 aliphatic carbocycles. The van der Waals surface area contributed by atoms with Gasteiger partial charge in [0.15, 0.2) is 5.16 Å². The number of thioether (sulfide) groups is 1. The van der Waals surface area contributed by atoms with Crippen LogP contribution in [0.1, 0.15) is 32.5 Å². The highest BCUT2D eigenvalue weighted by molar-refractivity contribution is 7.99. The lowest BCUT2D eigenvalue weighted by Crippen LogP contribution is -2.33. The Morgan fingerprint density at radius 1 is 1.53 bits per heavy atom. The van der Waals surface area contributed by atoms with Crippen LogP contribution < -0.4 is 11.1 Å². The first kappa shape index (κ1) is 16.0. The van der Waals surface area contributed by atoms with Crippen molar-refractivity contribution in [2.75, 3.05) is 12.3 Å². The van der Waals surface area contributed by atoms with Crippen LogP contribution in [0.4, 0.5) is 0 Å². The van der Waals surface area contributed by atoms with Gasteiger partial charge >= 0.3 is 0 Å². The highest BCUT2D eigenvalue weighted by Gasteiger charge is 2.12. The fourth-order valence-corrected chi connectivity index (χ4v) is 2.63. The predicted octanol–water partition coefficient (Wildman–Crippen LogP) is 0.942. The van der Waals surface area contributed by atoms with Gasteiger partial charge < -0.3 is 15.6 Å². The molecule has 0 aromatic carbocycles.